The van der Waals surface area contributed by atoms with Gasteiger partial charge in [0.15, 0.2) is 0 Å². The van der Waals surface area contributed by atoms with Crippen LogP contribution in [-0.4, -0.2) is 27.9 Å². The van der Waals surface area contributed by atoms with E-state index in [1.165, 1.54) is 0 Å². The van der Waals surface area contributed by atoms with Crippen LogP contribution in [0.25, 0.3) is 0 Å². The number of amides is 1. The minimum absolute atomic E-state index is 0.0519. The van der Waals surface area contributed by atoms with E-state index in [4.69, 9.17) is 0 Å². The van der Waals surface area contributed by atoms with Crippen LogP contribution in [0.4, 0.5) is 0 Å². The molecule has 0 aliphatic heterocycles. The van der Waals surface area contributed by atoms with Crippen LogP contribution in [0.15, 0.2) is 36.9 Å². The molecule has 5 nitrogen and oxygen atoms in total. The molecule has 238 valence electrons. The minimum atomic E-state index is -0.440. The molecule has 3 N–H and O–H groups in total. The monoisotopic (exact) mass is 591 g/mol. The molecule has 0 aliphatic rings. The Balaban J connectivity index is 2.08. The van der Waals surface area contributed by atoms with Crippen LogP contribution < -0.4 is 5.32 Å². The van der Waals surface area contributed by atoms with E-state index >= 15 is 0 Å². The predicted octanol–water partition coefficient (Wildman–Crippen LogP) is 8.48. The van der Waals surface area contributed by atoms with Crippen LogP contribution in [0.5, 0.6) is 11.5 Å². The number of phenolic OH excluding ortho intramolecular Hbond substituents is 2. The van der Waals surface area contributed by atoms with Gasteiger partial charge in [-0.2, -0.15) is 0 Å². The number of ketones is 1. The molecular formula is C38H57NO4. The topological polar surface area (TPSA) is 86.6 Å². The van der Waals surface area contributed by atoms with Crippen LogP contribution in [-0.2, 0) is 44.1 Å². The standard InChI is InChI=1S/C38H57NO4/c1-14-26(23-27(40)17-15-24-19-28(35(2,3)4)33(42)29(20-24)36(5,6)7)39-32(41)18-16-25-21-30(37(8,9)10)34(43)31(22-25)38(11,12)13/h14,19-22,26,42-43H,1,15-18,23H2,2-13H3,(H,39,41). The Morgan fingerprint density at radius 3 is 1.30 bits per heavy atom. The van der Waals surface area contributed by atoms with E-state index in [1.54, 1.807) is 6.08 Å². The van der Waals surface area contributed by atoms with Crippen LogP contribution >= 0.6 is 0 Å². The highest BCUT2D eigenvalue weighted by Gasteiger charge is 2.28. The molecule has 0 heterocycles. The maximum absolute atomic E-state index is 13.0. The largest absolute Gasteiger partial charge is 0.507 e. The van der Waals surface area contributed by atoms with Crippen molar-refractivity contribution < 1.29 is 19.8 Å². The van der Waals surface area contributed by atoms with Crippen LogP contribution in [0.1, 0.15) is 136 Å². The molecule has 2 rings (SSSR count). The highest BCUT2D eigenvalue weighted by molar-refractivity contribution is 5.82. The summed E-state index contributed by atoms with van der Waals surface area (Å²) >= 11 is 0. The first-order valence-corrected chi connectivity index (χ1v) is 15.6. The zero-order chi connectivity index (χ0) is 33.1. The third-order valence-corrected chi connectivity index (χ3v) is 7.98. The average Bonchev–Trinajstić information content (AvgIpc) is 2.84. The SMILES string of the molecule is C=CC(CC(=O)CCc1cc(C(C)(C)C)c(O)c(C(C)(C)C)c1)NC(=O)CCc1cc(C(C)(C)C)c(O)c(C(C)(C)C)c1. The quantitative estimate of drug-likeness (QED) is 0.242. The summed E-state index contributed by atoms with van der Waals surface area (Å²) in [6, 6.07) is 7.61. The normalized spacial score (nSPS) is 13.5. The van der Waals surface area contributed by atoms with E-state index in [0.717, 1.165) is 33.4 Å². The third kappa shape index (κ3) is 9.98. The lowest BCUT2D eigenvalue weighted by atomic mass is 9.78. The highest BCUT2D eigenvalue weighted by atomic mass is 16.3. The molecule has 2 aromatic carbocycles. The fourth-order valence-corrected chi connectivity index (χ4v) is 5.33. The second-order valence-corrected chi connectivity index (χ2v) is 16.2. The van der Waals surface area contributed by atoms with E-state index in [2.05, 4.69) is 95.0 Å². The lowest BCUT2D eigenvalue weighted by Gasteiger charge is -2.28. The van der Waals surface area contributed by atoms with Gasteiger partial charge in [0.2, 0.25) is 5.91 Å². The molecule has 43 heavy (non-hydrogen) atoms. The number of hydrogen-bond acceptors (Lipinski definition) is 4. The van der Waals surface area contributed by atoms with Gasteiger partial charge in [0.25, 0.3) is 0 Å². The summed E-state index contributed by atoms with van der Waals surface area (Å²) in [5.74, 6) is 0.579. The van der Waals surface area contributed by atoms with Gasteiger partial charge in [-0.1, -0.05) is 113 Å². The van der Waals surface area contributed by atoms with Gasteiger partial charge in [-0.3, -0.25) is 9.59 Å². The summed E-state index contributed by atoms with van der Waals surface area (Å²) in [4.78, 5) is 25.9. The summed E-state index contributed by atoms with van der Waals surface area (Å²) in [5.41, 5.74) is 4.62. The fraction of sp³-hybridized carbons (Fsp3) is 0.579. The van der Waals surface area contributed by atoms with Crippen LogP contribution in [0, 0.1) is 0 Å². The number of hydrogen-bond donors (Lipinski definition) is 3. The number of nitrogens with one attached hydrogen (secondary N) is 1. The molecule has 1 atom stereocenters. The van der Waals surface area contributed by atoms with Crippen molar-refractivity contribution in [1.82, 2.24) is 5.32 Å². The van der Waals surface area contributed by atoms with E-state index in [1.807, 2.05) is 24.3 Å². The Morgan fingerprint density at radius 1 is 0.674 bits per heavy atom. The highest BCUT2D eigenvalue weighted by Crippen LogP contribution is 2.41. The maximum atomic E-state index is 13.0. The lowest BCUT2D eigenvalue weighted by Crippen LogP contribution is -2.35. The van der Waals surface area contributed by atoms with Crippen molar-refractivity contribution in [3.8, 4) is 11.5 Å². The second kappa shape index (κ2) is 13.3. The van der Waals surface area contributed by atoms with Crippen molar-refractivity contribution >= 4 is 11.7 Å². The molecule has 0 bridgehead atoms. The molecule has 0 spiro atoms. The number of Topliss-reactive ketones (excluding diaryl/α,β-unsaturated/α-hetero) is 1. The Kier molecular flexibility index (Phi) is 11.2. The number of aryl methyl sites for hydroxylation is 2. The Hall–Kier alpha value is -3.08. The third-order valence-electron chi connectivity index (χ3n) is 7.98. The number of carbonyl (C=O) groups is 2. The summed E-state index contributed by atoms with van der Waals surface area (Å²) in [5, 5.41) is 25.0. The molecule has 0 fully saturated rings. The first-order chi connectivity index (χ1) is 19.4. The number of carbonyl (C=O) groups excluding carboxylic acids is 2. The Bertz CT molecular complexity index is 1150. The summed E-state index contributed by atoms with van der Waals surface area (Å²) in [6.07, 6.45) is 3.53. The molecule has 0 saturated heterocycles. The van der Waals surface area contributed by atoms with Crippen molar-refractivity contribution in [3.63, 3.8) is 0 Å². The number of benzene rings is 2. The van der Waals surface area contributed by atoms with E-state index < -0.39 is 6.04 Å². The van der Waals surface area contributed by atoms with Gasteiger partial charge in [-0.05, 0) is 67.9 Å². The maximum Gasteiger partial charge on any atom is 0.220 e. The first kappa shape index (κ1) is 36.1. The number of phenols is 2. The van der Waals surface area contributed by atoms with Gasteiger partial charge < -0.3 is 15.5 Å². The molecule has 1 unspecified atom stereocenters. The average molecular weight is 592 g/mol. The van der Waals surface area contributed by atoms with E-state index in [9.17, 15) is 19.8 Å². The van der Waals surface area contributed by atoms with Gasteiger partial charge in [-0.15, -0.1) is 6.58 Å². The summed E-state index contributed by atoms with van der Waals surface area (Å²) in [7, 11) is 0. The predicted molar refractivity (Wildman–Crippen MR) is 179 cm³/mol. The van der Waals surface area contributed by atoms with Crippen molar-refractivity contribution in [2.45, 2.75) is 143 Å². The van der Waals surface area contributed by atoms with Gasteiger partial charge >= 0.3 is 0 Å². The lowest BCUT2D eigenvalue weighted by molar-refractivity contribution is -0.122. The Morgan fingerprint density at radius 2 is 1.00 bits per heavy atom. The Labute approximate surface area is 261 Å². The van der Waals surface area contributed by atoms with Crippen molar-refractivity contribution in [1.29, 1.82) is 0 Å². The molecule has 5 heteroatoms. The smallest absolute Gasteiger partial charge is 0.220 e. The fourth-order valence-electron chi connectivity index (χ4n) is 5.33. The summed E-state index contributed by atoms with van der Waals surface area (Å²) < 4.78 is 0. The molecule has 0 aromatic heterocycles. The zero-order valence-electron chi connectivity index (χ0n) is 28.9. The van der Waals surface area contributed by atoms with Gasteiger partial charge in [0.1, 0.15) is 17.3 Å². The molecule has 0 saturated carbocycles. The number of aromatic hydroxyl groups is 2. The van der Waals surface area contributed by atoms with Crippen molar-refractivity contribution in [2.24, 2.45) is 0 Å². The minimum Gasteiger partial charge on any atom is -0.507 e. The molecule has 0 aliphatic carbocycles. The van der Waals surface area contributed by atoms with Crippen LogP contribution in [0.3, 0.4) is 0 Å². The molecule has 0 radical (unpaired) electrons. The zero-order valence-corrected chi connectivity index (χ0v) is 28.9. The summed E-state index contributed by atoms with van der Waals surface area (Å²) in [6.45, 7) is 28.8. The van der Waals surface area contributed by atoms with Gasteiger partial charge in [-0.25, -0.2) is 0 Å². The second-order valence-electron chi connectivity index (χ2n) is 16.2. The van der Waals surface area contributed by atoms with Gasteiger partial charge in [0.05, 0.1) is 6.04 Å². The molecule has 1 amide bonds. The van der Waals surface area contributed by atoms with E-state index in [0.29, 0.717) is 30.8 Å². The number of rotatable bonds is 10. The van der Waals surface area contributed by atoms with Crippen molar-refractivity contribution in [2.75, 3.05) is 0 Å². The first-order valence-electron chi connectivity index (χ1n) is 15.6. The van der Waals surface area contributed by atoms with E-state index in [-0.39, 0.29) is 46.2 Å². The molecule has 2 aromatic rings. The van der Waals surface area contributed by atoms with Gasteiger partial charge in [0, 0.05) is 19.3 Å². The van der Waals surface area contributed by atoms with Crippen LogP contribution in [0.2, 0.25) is 0 Å². The molecular weight excluding hydrogens is 534 g/mol. The van der Waals surface area contributed by atoms with Crippen molar-refractivity contribution in [3.05, 3.63) is 70.3 Å².